The average Bonchev–Trinajstić information content (AvgIpc) is 3.23. The van der Waals surface area contributed by atoms with Gasteiger partial charge in [0.25, 0.3) is 0 Å². The monoisotopic (exact) mass is 419 g/mol. The molecule has 2 aromatic carbocycles. The minimum atomic E-state index is -0.447. The number of hydrogen-bond acceptors (Lipinski definition) is 6. The number of rotatable bonds is 4. The van der Waals surface area contributed by atoms with E-state index in [2.05, 4.69) is 15.3 Å². The number of ether oxygens (including phenoxy) is 2. The second-order valence-corrected chi connectivity index (χ2v) is 7.51. The lowest BCUT2D eigenvalue weighted by Crippen LogP contribution is -2.14. The van der Waals surface area contributed by atoms with Crippen LogP contribution in [0.4, 0.5) is 5.82 Å². The van der Waals surface area contributed by atoms with Crippen LogP contribution >= 0.6 is 11.6 Å². The Bertz CT molecular complexity index is 1260. The molecule has 2 N–H and O–H groups in total. The first-order valence-electron chi connectivity index (χ1n) is 9.45. The predicted octanol–water partition coefficient (Wildman–Crippen LogP) is 5.23. The fourth-order valence-corrected chi connectivity index (χ4v) is 3.89. The maximum atomic E-state index is 11.1. The minimum Gasteiger partial charge on any atom is -0.505 e. The van der Waals surface area contributed by atoms with Crippen molar-refractivity contribution in [3.05, 3.63) is 82.6 Å². The number of fused-ring (bicyclic) bond motifs is 2. The molecule has 5 rings (SSSR count). The van der Waals surface area contributed by atoms with E-state index in [1.54, 1.807) is 24.5 Å². The van der Waals surface area contributed by atoms with E-state index in [1.165, 1.54) is 0 Å². The van der Waals surface area contributed by atoms with E-state index in [9.17, 15) is 5.11 Å². The van der Waals surface area contributed by atoms with E-state index in [1.807, 2.05) is 43.3 Å². The van der Waals surface area contributed by atoms with Crippen LogP contribution in [0.15, 0.2) is 60.9 Å². The van der Waals surface area contributed by atoms with Crippen molar-refractivity contribution in [3.8, 4) is 17.2 Å². The van der Waals surface area contributed by atoms with Crippen LogP contribution < -0.4 is 14.8 Å². The van der Waals surface area contributed by atoms with Gasteiger partial charge in [0.2, 0.25) is 6.79 Å². The summed E-state index contributed by atoms with van der Waals surface area (Å²) < 4.78 is 11.0. The Morgan fingerprint density at radius 1 is 1.03 bits per heavy atom. The summed E-state index contributed by atoms with van der Waals surface area (Å²) in [7, 11) is 0. The second-order valence-electron chi connectivity index (χ2n) is 7.10. The number of phenolic OH excluding ortho intramolecular Hbond substituents is 1. The van der Waals surface area contributed by atoms with Gasteiger partial charge in [0.05, 0.1) is 11.1 Å². The van der Waals surface area contributed by atoms with Crippen LogP contribution in [0.2, 0.25) is 5.02 Å². The molecule has 0 bridgehead atoms. The summed E-state index contributed by atoms with van der Waals surface area (Å²) in [5.41, 5.74) is 2.97. The van der Waals surface area contributed by atoms with Crippen molar-refractivity contribution in [1.82, 2.24) is 9.97 Å². The van der Waals surface area contributed by atoms with Crippen molar-refractivity contribution in [2.75, 3.05) is 12.1 Å². The van der Waals surface area contributed by atoms with Gasteiger partial charge in [-0.15, -0.1) is 0 Å². The third-order valence-electron chi connectivity index (χ3n) is 5.09. The number of aromatic nitrogens is 2. The molecule has 150 valence electrons. The topological polar surface area (TPSA) is 76.5 Å². The van der Waals surface area contributed by atoms with Gasteiger partial charge in [-0.3, -0.25) is 4.98 Å². The highest BCUT2D eigenvalue weighted by Crippen LogP contribution is 2.42. The number of anilines is 1. The highest BCUT2D eigenvalue weighted by Gasteiger charge is 2.24. The number of aryl methyl sites for hydroxylation is 1. The third kappa shape index (κ3) is 3.25. The van der Waals surface area contributed by atoms with Crippen molar-refractivity contribution >= 4 is 28.3 Å². The maximum Gasteiger partial charge on any atom is 0.231 e. The third-order valence-corrected chi connectivity index (χ3v) is 5.41. The van der Waals surface area contributed by atoms with Crippen LogP contribution in [0.3, 0.4) is 0 Å². The fourth-order valence-electron chi connectivity index (χ4n) is 3.62. The first-order valence-corrected chi connectivity index (χ1v) is 9.83. The van der Waals surface area contributed by atoms with Crippen LogP contribution in [0.25, 0.3) is 10.9 Å². The number of phenols is 1. The van der Waals surface area contributed by atoms with Crippen molar-refractivity contribution < 1.29 is 14.6 Å². The number of nitrogens with one attached hydrogen (secondary N) is 1. The zero-order valence-electron chi connectivity index (χ0n) is 16.1. The Morgan fingerprint density at radius 2 is 1.90 bits per heavy atom. The highest BCUT2D eigenvalue weighted by molar-refractivity contribution is 6.35. The smallest absolute Gasteiger partial charge is 0.231 e. The van der Waals surface area contributed by atoms with E-state index in [-0.39, 0.29) is 12.5 Å². The molecule has 7 heteroatoms. The molecule has 0 saturated heterocycles. The molecule has 0 aliphatic carbocycles. The van der Waals surface area contributed by atoms with Gasteiger partial charge in [-0.2, -0.15) is 0 Å². The highest BCUT2D eigenvalue weighted by atomic mass is 35.5. The van der Waals surface area contributed by atoms with Gasteiger partial charge < -0.3 is 19.9 Å². The first-order chi connectivity index (χ1) is 14.6. The summed E-state index contributed by atoms with van der Waals surface area (Å²) in [5, 5.41) is 15.7. The number of nitrogens with zero attached hydrogens (tertiary/aromatic N) is 2. The van der Waals surface area contributed by atoms with Crippen molar-refractivity contribution in [2.24, 2.45) is 0 Å². The Morgan fingerprint density at radius 3 is 2.77 bits per heavy atom. The van der Waals surface area contributed by atoms with Gasteiger partial charge in [-0.25, -0.2) is 4.98 Å². The molecule has 30 heavy (non-hydrogen) atoms. The van der Waals surface area contributed by atoms with E-state index in [0.717, 1.165) is 11.1 Å². The summed E-state index contributed by atoms with van der Waals surface area (Å²) in [6.45, 7) is 2.18. The molecule has 4 aromatic rings. The molecule has 6 nitrogen and oxygen atoms in total. The largest absolute Gasteiger partial charge is 0.505 e. The van der Waals surface area contributed by atoms with Crippen LogP contribution in [0.5, 0.6) is 17.2 Å². The summed E-state index contributed by atoms with van der Waals surface area (Å²) in [5.74, 6) is 2.08. The van der Waals surface area contributed by atoms with Crippen LogP contribution in [-0.4, -0.2) is 21.9 Å². The van der Waals surface area contributed by atoms with Gasteiger partial charge in [-0.1, -0.05) is 17.7 Å². The van der Waals surface area contributed by atoms with Crippen LogP contribution in [0, 0.1) is 6.92 Å². The molecular weight excluding hydrogens is 402 g/mol. The molecular formula is C23H18ClN3O3. The summed E-state index contributed by atoms with van der Waals surface area (Å²) >= 11 is 6.55. The molecule has 3 heterocycles. The Balaban J connectivity index is 1.68. The second kappa shape index (κ2) is 7.39. The van der Waals surface area contributed by atoms with Crippen molar-refractivity contribution in [2.45, 2.75) is 13.0 Å². The molecule has 1 aliphatic rings. The van der Waals surface area contributed by atoms with Gasteiger partial charge in [-0.05, 0) is 60.5 Å². The van der Waals surface area contributed by atoms with Crippen LogP contribution in [-0.2, 0) is 0 Å². The number of halogens is 1. The number of benzene rings is 2. The normalized spacial score (nSPS) is 13.4. The van der Waals surface area contributed by atoms with E-state index in [0.29, 0.717) is 38.8 Å². The predicted molar refractivity (Wildman–Crippen MR) is 115 cm³/mol. The van der Waals surface area contributed by atoms with E-state index < -0.39 is 6.04 Å². The Hall–Kier alpha value is -3.51. The molecule has 1 unspecified atom stereocenters. The molecule has 0 saturated carbocycles. The standard InChI is InChI=1S/C23H18ClN3O3/c1-13-6-8-25-20(9-13)27-21(14-4-5-18-19(10-14)30-12-29-18)16-11-17(24)15-3-2-7-26-22(15)23(16)28/h2-11,21,28H,12H2,1H3,(H,25,27). The summed E-state index contributed by atoms with van der Waals surface area (Å²) in [6, 6.07) is 14.5. The molecule has 0 fully saturated rings. The fraction of sp³-hybridized carbons (Fsp3) is 0.130. The number of pyridine rings is 2. The first kappa shape index (κ1) is 18.5. The molecule has 2 aromatic heterocycles. The zero-order valence-corrected chi connectivity index (χ0v) is 16.8. The van der Waals surface area contributed by atoms with Gasteiger partial charge in [0.1, 0.15) is 17.1 Å². The number of hydrogen-bond donors (Lipinski definition) is 2. The Labute approximate surface area is 178 Å². The SMILES string of the molecule is Cc1ccnc(NC(c2ccc3c(c2)OCO3)c2cc(Cl)c3cccnc3c2O)c1. The van der Waals surface area contributed by atoms with Gasteiger partial charge in [0.15, 0.2) is 11.5 Å². The van der Waals surface area contributed by atoms with Crippen LogP contribution in [0.1, 0.15) is 22.7 Å². The maximum absolute atomic E-state index is 11.1. The molecule has 1 aliphatic heterocycles. The van der Waals surface area contributed by atoms with Gasteiger partial charge >= 0.3 is 0 Å². The molecule has 0 radical (unpaired) electrons. The van der Waals surface area contributed by atoms with E-state index in [4.69, 9.17) is 21.1 Å². The summed E-state index contributed by atoms with van der Waals surface area (Å²) in [4.78, 5) is 8.75. The van der Waals surface area contributed by atoms with Crippen molar-refractivity contribution in [3.63, 3.8) is 0 Å². The number of aromatic hydroxyl groups is 1. The minimum absolute atomic E-state index is 0.0674. The molecule has 1 atom stereocenters. The lowest BCUT2D eigenvalue weighted by atomic mass is 9.95. The molecule has 0 spiro atoms. The lowest BCUT2D eigenvalue weighted by Gasteiger charge is -2.23. The Kier molecular flexibility index (Phi) is 4.56. The van der Waals surface area contributed by atoms with Gasteiger partial charge in [0, 0.05) is 23.3 Å². The molecule has 0 amide bonds. The summed E-state index contributed by atoms with van der Waals surface area (Å²) in [6.07, 6.45) is 3.37. The quantitative estimate of drug-likeness (QED) is 0.472. The lowest BCUT2D eigenvalue weighted by molar-refractivity contribution is 0.174. The zero-order chi connectivity index (χ0) is 20.7. The van der Waals surface area contributed by atoms with Crippen molar-refractivity contribution in [1.29, 1.82) is 0 Å². The van der Waals surface area contributed by atoms with E-state index >= 15 is 0 Å². The average molecular weight is 420 g/mol.